The summed E-state index contributed by atoms with van der Waals surface area (Å²) in [6.45, 7) is 2.31. The molecule has 0 spiro atoms. The van der Waals surface area contributed by atoms with Crippen molar-refractivity contribution >= 4 is 38.8 Å². The number of hydrogen-bond acceptors (Lipinski definition) is 7. The van der Waals surface area contributed by atoms with Gasteiger partial charge in [0.2, 0.25) is 0 Å². The average molecular weight is 460 g/mol. The van der Waals surface area contributed by atoms with Crippen LogP contribution in [0, 0.1) is 0 Å². The quantitative estimate of drug-likeness (QED) is 0.575. The molecule has 150 valence electrons. The van der Waals surface area contributed by atoms with Crippen LogP contribution in [0.4, 0.5) is 5.82 Å². The van der Waals surface area contributed by atoms with Gasteiger partial charge in [-0.3, -0.25) is 9.36 Å². The number of aliphatic hydroxyl groups excluding tert-OH is 1. The van der Waals surface area contributed by atoms with E-state index in [1.165, 1.54) is 6.33 Å². The van der Waals surface area contributed by atoms with E-state index in [0.29, 0.717) is 34.5 Å². The highest BCUT2D eigenvalue weighted by atomic mass is 79.9. The van der Waals surface area contributed by atoms with Crippen molar-refractivity contribution in [3.8, 4) is 0 Å². The molecule has 0 radical (unpaired) electrons. The molecule has 2 aliphatic rings. The zero-order chi connectivity index (χ0) is 20.2. The van der Waals surface area contributed by atoms with Gasteiger partial charge in [0.1, 0.15) is 24.1 Å². The SMILES string of the molecule is CC[C@]12CO[C@@H](C1O)[C@H](n1c(Br)nc3c(NC(=O)c4ccccc4)ncnc31)O2. The fourth-order valence-electron chi connectivity index (χ4n) is 3.93. The summed E-state index contributed by atoms with van der Waals surface area (Å²) in [5.74, 6) is -0.00531. The molecule has 1 amide bonds. The van der Waals surface area contributed by atoms with E-state index < -0.39 is 24.0 Å². The Bertz CT molecular complexity index is 1090. The number of benzene rings is 1. The molecule has 9 nitrogen and oxygen atoms in total. The molecule has 3 aromatic rings. The van der Waals surface area contributed by atoms with Crippen LogP contribution in [-0.4, -0.2) is 54.9 Å². The molecule has 2 fully saturated rings. The maximum absolute atomic E-state index is 12.5. The summed E-state index contributed by atoms with van der Waals surface area (Å²) >= 11 is 3.45. The van der Waals surface area contributed by atoms with Gasteiger partial charge in [-0.2, -0.15) is 0 Å². The van der Waals surface area contributed by atoms with Gasteiger partial charge in [-0.15, -0.1) is 0 Å². The van der Waals surface area contributed by atoms with E-state index in [1.807, 2.05) is 13.0 Å². The molecule has 2 aliphatic heterocycles. The number of fused-ring (bicyclic) bond motifs is 3. The first-order chi connectivity index (χ1) is 14.0. The summed E-state index contributed by atoms with van der Waals surface area (Å²) in [6, 6.07) is 8.85. The van der Waals surface area contributed by atoms with Gasteiger partial charge in [0.05, 0.1) is 6.61 Å². The van der Waals surface area contributed by atoms with Crippen LogP contribution in [0.2, 0.25) is 0 Å². The standard InChI is InChI=1S/C19H18BrN5O4/c1-2-19-8-28-12(13(19)26)17(29-19)25-15-11(23-18(25)20)14(21-9-22-15)24-16(27)10-6-4-3-5-7-10/h3-7,9,12-13,17,26H,2,8H2,1H3,(H,21,22,24,27)/t12-,13?,17+,19-/m0/s1. The Hall–Kier alpha value is -2.40. The second-order valence-electron chi connectivity index (χ2n) is 7.11. The average Bonchev–Trinajstić information content (AvgIpc) is 3.35. The molecule has 4 atom stereocenters. The number of aliphatic hydroxyl groups is 1. The second kappa shape index (κ2) is 6.84. The molecule has 2 saturated heterocycles. The third kappa shape index (κ3) is 2.78. The monoisotopic (exact) mass is 459 g/mol. The first-order valence-corrected chi connectivity index (χ1v) is 10.1. The number of imidazole rings is 1. The molecule has 1 aromatic carbocycles. The third-order valence-corrected chi connectivity index (χ3v) is 6.12. The van der Waals surface area contributed by atoms with Crippen LogP contribution in [0.25, 0.3) is 11.2 Å². The Labute approximate surface area is 174 Å². The van der Waals surface area contributed by atoms with Crippen LogP contribution in [0.5, 0.6) is 0 Å². The predicted octanol–water partition coefficient (Wildman–Crippen LogP) is 2.28. The number of amides is 1. The van der Waals surface area contributed by atoms with Gasteiger partial charge in [-0.05, 0) is 34.5 Å². The van der Waals surface area contributed by atoms with Crippen molar-refractivity contribution in [1.29, 1.82) is 0 Å². The smallest absolute Gasteiger partial charge is 0.256 e. The molecular weight excluding hydrogens is 442 g/mol. The number of anilines is 1. The van der Waals surface area contributed by atoms with Gasteiger partial charge >= 0.3 is 0 Å². The number of halogens is 1. The largest absolute Gasteiger partial charge is 0.387 e. The number of ether oxygens (including phenoxy) is 2. The van der Waals surface area contributed by atoms with Gasteiger partial charge in [-0.1, -0.05) is 25.1 Å². The van der Waals surface area contributed by atoms with Gasteiger partial charge < -0.3 is 19.9 Å². The van der Waals surface area contributed by atoms with E-state index >= 15 is 0 Å². The van der Waals surface area contributed by atoms with Gasteiger partial charge in [0.25, 0.3) is 5.91 Å². The van der Waals surface area contributed by atoms with Crippen LogP contribution in [0.3, 0.4) is 0 Å². The fraction of sp³-hybridized carbons (Fsp3) is 0.368. The zero-order valence-corrected chi connectivity index (χ0v) is 17.0. The molecule has 1 unspecified atom stereocenters. The minimum Gasteiger partial charge on any atom is -0.387 e. The first kappa shape index (κ1) is 18.6. The van der Waals surface area contributed by atoms with E-state index in [9.17, 15) is 9.90 Å². The first-order valence-electron chi connectivity index (χ1n) is 9.26. The second-order valence-corrected chi connectivity index (χ2v) is 7.82. The molecule has 2 aromatic heterocycles. The Morgan fingerprint density at radius 3 is 2.90 bits per heavy atom. The number of nitrogens with zero attached hydrogens (tertiary/aromatic N) is 4. The normalized spacial score (nSPS) is 28.2. The Kier molecular flexibility index (Phi) is 4.39. The van der Waals surface area contributed by atoms with Crippen molar-refractivity contribution in [3.05, 3.63) is 47.0 Å². The summed E-state index contributed by atoms with van der Waals surface area (Å²) in [7, 11) is 0. The lowest BCUT2D eigenvalue weighted by Gasteiger charge is -2.30. The summed E-state index contributed by atoms with van der Waals surface area (Å²) in [5, 5.41) is 13.4. The molecule has 10 heteroatoms. The molecule has 2 bridgehead atoms. The lowest BCUT2D eigenvalue weighted by molar-refractivity contribution is -0.173. The van der Waals surface area contributed by atoms with Gasteiger partial charge in [-0.25, -0.2) is 15.0 Å². The fourth-order valence-corrected chi connectivity index (χ4v) is 4.47. The number of hydrogen-bond donors (Lipinski definition) is 2. The summed E-state index contributed by atoms with van der Waals surface area (Å²) in [6.07, 6.45) is 0.124. The summed E-state index contributed by atoms with van der Waals surface area (Å²) in [4.78, 5) is 25.5. The third-order valence-electron chi connectivity index (χ3n) is 5.56. The summed E-state index contributed by atoms with van der Waals surface area (Å²) in [5.41, 5.74) is 0.656. The molecule has 4 heterocycles. The number of nitrogens with one attached hydrogen (secondary N) is 1. The topological polar surface area (TPSA) is 111 Å². The van der Waals surface area contributed by atoms with E-state index in [1.54, 1.807) is 28.8 Å². The number of rotatable bonds is 4. The summed E-state index contributed by atoms with van der Waals surface area (Å²) < 4.78 is 14.2. The van der Waals surface area contributed by atoms with E-state index in [-0.39, 0.29) is 11.7 Å². The number of carbonyl (C=O) groups is 1. The minimum absolute atomic E-state index is 0.290. The van der Waals surface area contributed by atoms with Crippen molar-refractivity contribution in [2.75, 3.05) is 11.9 Å². The van der Waals surface area contributed by atoms with E-state index in [0.717, 1.165) is 0 Å². The Morgan fingerprint density at radius 2 is 2.17 bits per heavy atom. The molecule has 29 heavy (non-hydrogen) atoms. The molecule has 2 N–H and O–H groups in total. The van der Waals surface area contributed by atoms with Crippen LogP contribution in [-0.2, 0) is 9.47 Å². The van der Waals surface area contributed by atoms with Gasteiger partial charge in [0.15, 0.2) is 27.9 Å². The Balaban J connectivity index is 1.52. The number of carbonyl (C=O) groups excluding carboxylic acids is 1. The molecule has 0 saturated carbocycles. The van der Waals surface area contributed by atoms with Crippen LogP contribution in [0.15, 0.2) is 41.4 Å². The van der Waals surface area contributed by atoms with Crippen molar-refractivity contribution in [2.45, 2.75) is 37.4 Å². The van der Waals surface area contributed by atoms with Gasteiger partial charge in [0, 0.05) is 5.56 Å². The lowest BCUT2D eigenvalue weighted by atomic mass is 9.96. The van der Waals surface area contributed by atoms with Crippen molar-refractivity contribution in [2.24, 2.45) is 0 Å². The Morgan fingerprint density at radius 1 is 1.38 bits per heavy atom. The lowest BCUT2D eigenvalue weighted by Crippen LogP contribution is -2.39. The maximum atomic E-state index is 12.5. The van der Waals surface area contributed by atoms with Crippen LogP contribution in [0.1, 0.15) is 29.9 Å². The van der Waals surface area contributed by atoms with Crippen molar-refractivity contribution < 1.29 is 19.4 Å². The molecule has 0 aliphatic carbocycles. The highest BCUT2D eigenvalue weighted by Gasteiger charge is 2.61. The van der Waals surface area contributed by atoms with Crippen molar-refractivity contribution in [1.82, 2.24) is 19.5 Å². The number of aromatic nitrogens is 4. The minimum atomic E-state index is -0.735. The highest BCUT2D eigenvalue weighted by Crippen LogP contribution is 2.48. The van der Waals surface area contributed by atoms with E-state index in [2.05, 4.69) is 36.2 Å². The van der Waals surface area contributed by atoms with Crippen LogP contribution >= 0.6 is 15.9 Å². The van der Waals surface area contributed by atoms with E-state index in [4.69, 9.17) is 9.47 Å². The molecule has 5 rings (SSSR count). The van der Waals surface area contributed by atoms with Crippen molar-refractivity contribution in [3.63, 3.8) is 0 Å². The maximum Gasteiger partial charge on any atom is 0.256 e. The zero-order valence-electron chi connectivity index (χ0n) is 15.4. The molecular formula is C19H18BrN5O4. The predicted molar refractivity (Wildman–Crippen MR) is 106 cm³/mol. The highest BCUT2D eigenvalue weighted by molar-refractivity contribution is 9.10. The van der Waals surface area contributed by atoms with Crippen LogP contribution < -0.4 is 5.32 Å².